The molecule has 74 valence electrons. The lowest BCUT2D eigenvalue weighted by molar-refractivity contribution is 0.0693. The average Bonchev–Trinajstić information content (AvgIpc) is 2.04. The van der Waals surface area contributed by atoms with Gasteiger partial charge in [-0.1, -0.05) is 0 Å². The minimum Gasteiger partial charge on any atom is -0.477 e. The summed E-state index contributed by atoms with van der Waals surface area (Å²) >= 11 is 0. The van der Waals surface area contributed by atoms with Gasteiger partial charge < -0.3 is 9.67 Å². The predicted molar refractivity (Wildman–Crippen MR) is 48.3 cm³/mol. The summed E-state index contributed by atoms with van der Waals surface area (Å²) < 4.78 is 1.72. The summed E-state index contributed by atoms with van der Waals surface area (Å²) in [6, 6.07) is 0.321. The smallest absolute Gasteiger partial charge is 0.342 e. The summed E-state index contributed by atoms with van der Waals surface area (Å²) in [6.45, 7) is 0. The van der Waals surface area contributed by atoms with Crippen LogP contribution < -0.4 is 5.56 Å². The maximum Gasteiger partial charge on any atom is 0.342 e. The average molecular weight is 194 g/mol. The first-order valence-electron chi connectivity index (χ1n) is 4.49. The number of rotatable bonds is 2. The molecule has 0 radical (unpaired) electrons. The van der Waals surface area contributed by atoms with Gasteiger partial charge in [-0.25, -0.2) is 4.79 Å². The Balaban J connectivity index is 2.40. The SMILES string of the molecule is O=C(O)c1cn(C2CCC2)cnc1=O. The molecule has 0 bridgehead atoms. The lowest BCUT2D eigenvalue weighted by atomic mass is 9.93. The molecule has 0 saturated heterocycles. The van der Waals surface area contributed by atoms with Crippen LogP contribution >= 0.6 is 0 Å². The molecule has 5 heteroatoms. The maximum absolute atomic E-state index is 11.0. The molecule has 0 spiro atoms. The first-order chi connectivity index (χ1) is 6.68. The van der Waals surface area contributed by atoms with Crippen LogP contribution in [0.5, 0.6) is 0 Å². The number of carbonyl (C=O) groups is 1. The number of aromatic carboxylic acids is 1. The van der Waals surface area contributed by atoms with Crippen LogP contribution in [0.1, 0.15) is 35.7 Å². The van der Waals surface area contributed by atoms with Gasteiger partial charge in [-0.15, -0.1) is 0 Å². The normalized spacial score (nSPS) is 16.3. The van der Waals surface area contributed by atoms with Gasteiger partial charge in [-0.05, 0) is 19.3 Å². The molecule has 1 fully saturated rings. The zero-order valence-corrected chi connectivity index (χ0v) is 7.51. The van der Waals surface area contributed by atoms with E-state index in [1.165, 1.54) is 12.5 Å². The minimum atomic E-state index is -1.21. The molecule has 0 aromatic carbocycles. The lowest BCUT2D eigenvalue weighted by Crippen LogP contribution is -2.24. The predicted octanol–water partition coefficient (Wildman–Crippen LogP) is 0.666. The Kier molecular flexibility index (Phi) is 2.07. The molecule has 1 aliphatic carbocycles. The Morgan fingerprint density at radius 2 is 2.29 bits per heavy atom. The van der Waals surface area contributed by atoms with Crippen LogP contribution in [0.3, 0.4) is 0 Å². The van der Waals surface area contributed by atoms with Gasteiger partial charge in [0.2, 0.25) is 0 Å². The summed E-state index contributed by atoms with van der Waals surface area (Å²) in [6.07, 6.45) is 6.01. The quantitative estimate of drug-likeness (QED) is 0.750. The van der Waals surface area contributed by atoms with E-state index >= 15 is 0 Å². The molecular weight excluding hydrogens is 184 g/mol. The van der Waals surface area contributed by atoms with E-state index in [0.29, 0.717) is 6.04 Å². The molecule has 5 nitrogen and oxygen atoms in total. The summed E-state index contributed by atoms with van der Waals surface area (Å²) in [4.78, 5) is 25.2. The van der Waals surface area contributed by atoms with Crippen molar-refractivity contribution >= 4 is 5.97 Å². The van der Waals surface area contributed by atoms with Crippen LogP contribution in [0, 0.1) is 0 Å². The third kappa shape index (κ3) is 1.41. The van der Waals surface area contributed by atoms with Crippen molar-refractivity contribution in [1.82, 2.24) is 9.55 Å². The van der Waals surface area contributed by atoms with Crippen molar-refractivity contribution in [3.05, 3.63) is 28.4 Å². The van der Waals surface area contributed by atoms with Gasteiger partial charge in [0.1, 0.15) is 5.56 Å². The highest BCUT2D eigenvalue weighted by molar-refractivity contribution is 5.86. The van der Waals surface area contributed by atoms with E-state index in [2.05, 4.69) is 4.98 Å². The molecule has 0 aliphatic heterocycles. The van der Waals surface area contributed by atoms with E-state index in [1.807, 2.05) is 0 Å². The fourth-order valence-corrected chi connectivity index (χ4v) is 1.46. The Bertz CT molecular complexity index is 420. The molecule has 1 aromatic rings. The zero-order valence-electron chi connectivity index (χ0n) is 7.51. The third-order valence-corrected chi connectivity index (χ3v) is 2.54. The van der Waals surface area contributed by atoms with Crippen LogP contribution in [0.15, 0.2) is 17.3 Å². The topological polar surface area (TPSA) is 72.2 Å². The minimum absolute atomic E-state index is 0.251. The molecule has 0 unspecified atom stereocenters. The molecule has 1 aromatic heterocycles. The fraction of sp³-hybridized carbons (Fsp3) is 0.444. The van der Waals surface area contributed by atoms with E-state index < -0.39 is 11.5 Å². The van der Waals surface area contributed by atoms with Crippen molar-refractivity contribution in [2.24, 2.45) is 0 Å². The Morgan fingerprint density at radius 1 is 1.57 bits per heavy atom. The van der Waals surface area contributed by atoms with Gasteiger partial charge in [0.05, 0.1) is 6.33 Å². The second-order valence-corrected chi connectivity index (χ2v) is 3.43. The molecule has 1 N–H and O–H groups in total. The standard InChI is InChI=1S/C9H10N2O3/c12-8-7(9(13)14)4-11(5-10-8)6-2-1-3-6/h4-6H,1-3H2,(H,13,14). The summed E-state index contributed by atoms with van der Waals surface area (Å²) in [5.74, 6) is -1.21. The highest BCUT2D eigenvalue weighted by Gasteiger charge is 2.20. The van der Waals surface area contributed by atoms with Crippen molar-refractivity contribution in [3.63, 3.8) is 0 Å². The van der Waals surface area contributed by atoms with Crippen molar-refractivity contribution in [2.75, 3.05) is 0 Å². The molecule has 1 heterocycles. The molecule has 14 heavy (non-hydrogen) atoms. The van der Waals surface area contributed by atoms with Crippen molar-refractivity contribution in [1.29, 1.82) is 0 Å². The monoisotopic (exact) mass is 194 g/mol. The van der Waals surface area contributed by atoms with Crippen LogP contribution in [0.4, 0.5) is 0 Å². The lowest BCUT2D eigenvalue weighted by Gasteiger charge is -2.27. The Hall–Kier alpha value is -1.65. The van der Waals surface area contributed by atoms with Crippen LogP contribution in [-0.2, 0) is 0 Å². The zero-order chi connectivity index (χ0) is 10.1. The van der Waals surface area contributed by atoms with Gasteiger partial charge in [0.25, 0.3) is 5.56 Å². The number of aromatic nitrogens is 2. The van der Waals surface area contributed by atoms with Crippen molar-refractivity contribution < 1.29 is 9.90 Å². The Labute approximate surface area is 80.0 Å². The van der Waals surface area contributed by atoms with Gasteiger partial charge in [0.15, 0.2) is 0 Å². The molecular formula is C9H10N2O3. The van der Waals surface area contributed by atoms with Crippen LogP contribution in [0.2, 0.25) is 0 Å². The largest absolute Gasteiger partial charge is 0.477 e. The fourth-order valence-electron chi connectivity index (χ4n) is 1.46. The van der Waals surface area contributed by atoms with E-state index in [9.17, 15) is 9.59 Å². The van der Waals surface area contributed by atoms with Crippen LogP contribution in [-0.4, -0.2) is 20.6 Å². The first-order valence-corrected chi connectivity index (χ1v) is 4.49. The van der Waals surface area contributed by atoms with Crippen molar-refractivity contribution in [3.8, 4) is 0 Å². The summed E-state index contributed by atoms with van der Waals surface area (Å²) in [5.41, 5.74) is -0.924. The molecule has 0 amide bonds. The third-order valence-electron chi connectivity index (χ3n) is 2.54. The van der Waals surface area contributed by atoms with Gasteiger partial charge in [-0.2, -0.15) is 4.98 Å². The maximum atomic E-state index is 11.0. The molecule has 0 atom stereocenters. The molecule has 2 rings (SSSR count). The summed E-state index contributed by atoms with van der Waals surface area (Å²) in [7, 11) is 0. The Morgan fingerprint density at radius 3 is 2.79 bits per heavy atom. The number of carboxylic acids is 1. The second kappa shape index (κ2) is 3.25. The van der Waals surface area contributed by atoms with Gasteiger partial charge in [-0.3, -0.25) is 4.79 Å². The first kappa shape index (κ1) is 8.93. The number of hydrogen-bond donors (Lipinski definition) is 1. The highest BCUT2D eigenvalue weighted by Crippen LogP contribution is 2.30. The molecule has 1 aliphatic rings. The molecule has 1 saturated carbocycles. The summed E-state index contributed by atoms with van der Waals surface area (Å²) in [5, 5.41) is 8.71. The number of carboxylic acid groups (broad SMARTS) is 1. The van der Waals surface area contributed by atoms with Crippen molar-refractivity contribution in [2.45, 2.75) is 25.3 Å². The number of nitrogens with zero attached hydrogens (tertiary/aromatic N) is 2. The number of hydrogen-bond acceptors (Lipinski definition) is 3. The van der Waals surface area contributed by atoms with E-state index in [-0.39, 0.29) is 5.56 Å². The van der Waals surface area contributed by atoms with Gasteiger partial charge in [0, 0.05) is 12.2 Å². The second-order valence-electron chi connectivity index (χ2n) is 3.43. The van der Waals surface area contributed by atoms with Gasteiger partial charge >= 0.3 is 5.97 Å². The van der Waals surface area contributed by atoms with Crippen LogP contribution in [0.25, 0.3) is 0 Å². The highest BCUT2D eigenvalue weighted by atomic mass is 16.4. The van der Waals surface area contributed by atoms with E-state index in [4.69, 9.17) is 5.11 Å². The van der Waals surface area contributed by atoms with E-state index in [1.54, 1.807) is 4.57 Å². The van der Waals surface area contributed by atoms with E-state index in [0.717, 1.165) is 19.3 Å².